The van der Waals surface area contributed by atoms with Crippen LogP contribution < -0.4 is 0 Å². The number of thiophene rings is 1. The number of hydrogen-bond acceptors (Lipinski definition) is 2. The van der Waals surface area contributed by atoms with E-state index in [2.05, 4.69) is 5.10 Å². The molecular weight excluding hydrogens is 304 g/mol. The van der Waals surface area contributed by atoms with Crippen molar-refractivity contribution in [1.29, 1.82) is 0 Å². The Labute approximate surface area is 121 Å². The first kappa shape index (κ1) is 13.8. The van der Waals surface area contributed by atoms with E-state index in [1.807, 2.05) is 0 Å². The molecule has 0 radical (unpaired) electrons. The van der Waals surface area contributed by atoms with Gasteiger partial charge in [0.2, 0.25) is 0 Å². The predicted molar refractivity (Wildman–Crippen MR) is 71.8 cm³/mol. The van der Waals surface area contributed by atoms with E-state index in [9.17, 15) is 17.6 Å². The highest BCUT2D eigenvalue weighted by molar-refractivity contribution is 7.13. The molecule has 2 nitrogen and oxygen atoms in total. The number of aromatic nitrogens is 2. The van der Waals surface area contributed by atoms with Crippen LogP contribution in [0.3, 0.4) is 0 Å². The number of halogens is 4. The molecule has 0 amide bonds. The van der Waals surface area contributed by atoms with Crippen LogP contribution in [-0.2, 0) is 6.18 Å². The Morgan fingerprint density at radius 2 is 1.76 bits per heavy atom. The van der Waals surface area contributed by atoms with Crippen molar-refractivity contribution in [2.24, 2.45) is 0 Å². The van der Waals surface area contributed by atoms with Crippen LogP contribution in [0, 0.1) is 5.82 Å². The summed E-state index contributed by atoms with van der Waals surface area (Å²) in [4.78, 5) is 0.655. The standard InChI is InChI=1S/C14H8F4N2S/c15-9-3-5-10(6-4-9)20-11(12-2-1-7-21-12)8-13(19-20)14(16,17)18/h1-8H. The summed E-state index contributed by atoms with van der Waals surface area (Å²) in [6, 6.07) is 9.59. The van der Waals surface area contributed by atoms with Gasteiger partial charge in [-0.05, 0) is 41.8 Å². The van der Waals surface area contributed by atoms with E-state index < -0.39 is 17.7 Å². The maximum Gasteiger partial charge on any atom is 0.435 e. The highest BCUT2D eigenvalue weighted by Crippen LogP contribution is 2.34. The Morgan fingerprint density at radius 3 is 2.33 bits per heavy atom. The molecule has 1 aromatic carbocycles. The van der Waals surface area contributed by atoms with Gasteiger partial charge in [-0.2, -0.15) is 18.3 Å². The maximum atomic E-state index is 13.0. The number of nitrogens with zero attached hydrogens (tertiary/aromatic N) is 2. The van der Waals surface area contributed by atoms with Gasteiger partial charge >= 0.3 is 6.18 Å². The molecule has 108 valence electrons. The summed E-state index contributed by atoms with van der Waals surface area (Å²) in [6.45, 7) is 0. The van der Waals surface area contributed by atoms with Gasteiger partial charge in [0, 0.05) is 0 Å². The van der Waals surface area contributed by atoms with Crippen LogP contribution in [0.2, 0.25) is 0 Å². The molecule has 0 saturated carbocycles. The van der Waals surface area contributed by atoms with Gasteiger partial charge in [0.25, 0.3) is 0 Å². The molecule has 2 heterocycles. The molecule has 2 aromatic heterocycles. The smallest absolute Gasteiger partial charge is 0.232 e. The fourth-order valence-electron chi connectivity index (χ4n) is 1.90. The summed E-state index contributed by atoms with van der Waals surface area (Å²) in [5, 5.41) is 5.38. The van der Waals surface area contributed by atoms with Gasteiger partial charge in [0.1, 0.15) is 5.82 Å². The lowest BCUT2D eigenvalue weighted by molar-refractivity contribution is -0.141. The van der Waals surface area contributed by atoms with Crippen LogP contribution in [0.15, 0.2) is 47.8 Å². The molecule has 0 bridgehead atoms. The quantitative estimate of drug-likeness (QED) is 0.624. The highest BCUT2D eigenvalue weighted by atomic mass is 32.1. The van der Waals surface area contributed by atoms with Gasteiger partial charge in [0.05, 0.1) is 16.3 Å². The zero-order valence-electron chi connectivity index (χ0n) is 10.4. The van der Waals surface area contributed by atoms with Crippen molar-refractivity contribution in [3.63, 3.8) is 0 Å². The maximum absolute atomic E-state index is 13.0. The minimum absolute atomic E-state index is 0.323. The summed E-state index contributed by atoms with van der Waals surface area (Å²) in [7, 11) is 0. The highest BCUT2D eigenvalue weighted by Gasteiger charge is 2.35. The zero-order valence-corrected chi connectivity index (χ0v) is 11.2. The summed E-state index contributed by atoms with van der Waals surface area (Å²) in [5.41, 5.74) is -0.283. The molecule has 0 aliphatic heterocycles. The minimum Gasteiger partial charge on any atom is -0.232 e. The second kappa shape index (κ2) is 5.00. The zero-order chi connectivity index (χ0) is 15.0. The molecule has 21 heavy (non-hydrogen) atoms. The molecule has 0 fully saturated rings. The van der Waals surface area contributed by atoms with E-state index in [-0.39, 0.29) is 0 Å². The first-order valence-corrected chi connectivity index (χ1v) is 6.80. The Morgan fingerprint density at radius 1 is 1.05 bits per heavy atom. The van der Waals surface area contributed by atoms with Gasteiger partial charge in [0.15, 0.2) is 5.69 Å². The predicted octanol–water partition coefficient (Wildman–Crippen LogP) is 4.76. The topological polar surface area (TPSA) is 17.8 Å². The first-order valence-electron chi connectivity index (χ1n) is 5.92. The van der Waals surface area contributed by atoms with E-state index in [0.29, 0.717) is 16.3 Å². The second-order valence-electron chi connectivity index (χ2n) is 4.28. The van der Waals surface area contributed by atoms with E-state index in [1.54, 1.807) is 17.5 Å². The molecule has 3 rings (SSSR count). The van der Waals surface area contributed by atoms with Gasteiger partial charge in [-0.25, -0.2) is 9.07 Å². The Kier molecular flexibility index (Phi) is 3.29. The van der Waals surface area contributed by atoms with E-state index >= 15 is 0 Å². The lowest BCUT2D eigenvalue weighted by Crippen LogP contribution is -2.07. The average Bonchev–Trinajstić information content (AvgIpc) is 3.07. The lowest BCUT2D eigenvalue weighted by atomic mass is 10.2. The molecule has 0 aliphatic carbocycles. The third-order valence-corrected chi connectivity index (χ3v) is 3.74. The van der Waals surface area contributed by atoms with E-state index in [1.165, 1.54) is 40.3 Å². The third-order valence-electron chi connectivity index (χ3n) is 2.84. The second-order valence-corrected chi connectivity index (χ2v) is 5.23. The molecule has 0 saturated heterocycles. The minimum atomic E-state index is -4.53. The fourth-order valence-corrected chi connectivity index (χ4v) is 2.63. The van der Waals surface area contributed by atoms with Crippen molar-refractivity contribution in [3.05, 3.63) is 59.4 Å². The number of rotatable bonds is 2. The first-order chi connectivity index (χ1) is 9.95. The lowest BCUT2D eigenvalue weighted by Gasteiger charge is -2.06. The summed E-state index contributed by atoms with van der Waals surface area (Å²) >= 11 is 1.31. The molecule has 3 aromatic rings. The van der Waals surface area contributed by atoms with Crippen LogP contribution in [-0.4, -0.2) is 9.78 Å². The van der Waals surface area contributed by atoms with E-state index in [4.69, 9.17) is 0 Å². The molecular formula is C14H8F4N2S. The van der Waals surface area contributed by atoms with Crippen molar-refractivity contribution in [2.45, 2.75) is 6.18 Å². The van der Waals surface area contributed by atoms with Crippen molar-refractivity contribution >= 4 is 11.3 Å². The number of benzene rings is 1. The molecule has 7 heteroatoms. The monoisotopic (exact) mass is 312 g/mol. The Bertz CT molecular complexity index is 742. The molecule has 0 spiro atoms. The van der Waals surface area contributed by atoms with Gasteiger partial charge in [-0.1, -0.05) is 6.07 Å². The molecule has 0 atom stereocenters. The van der Waals surface area contributed by atoms with Crippen LogP contribution >= 0.6 is 11.3 Å². The van der Waals surface area contributed by atoms with Crippen LogP contribution in [0.5, 0.6) is 0 Å². The Hall–Kier alpha value is -2.15. The Balaban J connectivity index is 2.18. The largest absolute Gasteiger partial charge is 0.435 e. The van der Waals surface area contributed by atoms with E-state index in [0.717, 1.165) is 6.07 Å². The molecule has 0 N–H and O–H groups in total. The fraction of sp³-hybridized carbons (Fsp3) is 0.0714. The van der Waals surface area contributed by atoms with Crippen molar-refractivity contribution < 1.29 is 17.6 Å². The van der Waals surface area contributed by atoms with Crippen molar-refractivity contribution in [3.8, 4) is 16.3 Å². The van der Waals surface area contributed by atoms with Crippen molar-refractivity contribution in [1.82, 2.24) is 9.78 Å². The third kappa shape index (κ3) is 2.69. The molecule has 0 unspecified atom stereocenters. The van der Waals surface area contributed by atoms with Gasteiger partial charge < -0.3 is 0 Å². The van der Waals surface area contributed by atoms with Crippen LogP contribution in [0.1, 0.15) is 5.69 Å². The summed E-state index contributed by atoms with van der Waals surface area (Å²) in [5.74, 6) is -0.459. The van der Waals surface area contributed by atoms with Crippen LogP contribution in [0.4, 0.5) is 17.6 Å². The SMILES string of the molecule is Fc1ccc(-n2nc(C(F)(F)F)cc2-c2cccs2)cc1. The number of hydrogen-bond donors (Lipinski definition) is 0. The normalized spacial score (nSPS) is 11.8. The van der Waals surface area contributed by atoms with Crippen molar-refractivity contribution in [2.75, 3.05) is 0 Å². The van der Waals surface area contributed by atoms with Crippen LogP contribution in [0.25, 0.3) is 16.3 Å². The summed E-state index contributed by atoms with van der Waals surface area (Å²) < 4.78 is 52.7. The van der Waals surface area contributed by atoms with Gasteiger partial charge in [-0.3, -0.25) is 0 Å². The van der Waals surface area contributed by atoms with Gasteiger partial charge in [-0.15, -0.1) is 11.3 Å². The number of alkyl halides is 3. The molecule has 0 aliphatic rings. The average molecular weight is 312 g/mol. The summed E-state index contributed by atoms with van der Waals surface area (Å²) in [6.07, 6.45) is -4.53.